The molecule has 3 rings (SSSR count). The Morgan fingerprint density at radius 3 is 1.67 bits per heavy atom. The van der Waals surface area contributed by atoms with Gasteiger partial charge in [0.25, 0.3) is 0 Å². The second kappa shape index (κ2) is 0.889. The molecule has 3 aliphatic carbocycles. The van der Waals surface area contributed by atoms with Crippen LogP contribution in [-0.4, -0.2) is 0 Å². The van der Waals surface area contributed by atoms with E-state index in [1.165, 1.54) is 0 Å². The fraction of sp³-hybridized carbons (Fsp3) is 1.00. The monoisotopic (exact) mass is 122 g/mol. The lowest BCUT2D eigenvalue weighted by atomic mass is 9.90. The van der Waals surface area contributed by atoms with Crippen molar-refractivity contribution in [2.75, 3.05) is 0 Å². The van der Waals surface area contributed by atoms with E-state index in [0.29, 0.717) is 0 Å². The predicted octanol–water partition coefficient (Wildman–Crippen LogP) is 2.44. The largest absolute Gasteiger partial charge is 0.0588 e. The Kier molecular flexibility index (Phi) is 0.470. The van der Waals surface area contributed by atoms with Crippen LogP contribution in [0.3, 0.4) is 0 Å². The molecule has 0 aromatic rings. The van der Waals surface area contributed by atoms with Crippen LogP contribution in [0.1, 0.15) is 33.1 Å². The van der Waals surface area contributed by atoms with Crippen LogP contribution in [0.5, 0.6) is 0 Å². The van der Waals surface area contributed by atoms with Gasteiger partial charge < -0.3 is 0 Å². The summed E-state index contributed by atoms with van der Waals surface area (Å²) >= 11 is 0. The average molecular weight is 122 g/mol. The summed E-state index contributed by atoms with van der Waals surface area (Å²) in [6.45, 7) is 5.01. The fourth-order valence-electron chi connectivity index (χ4n) is 3.34. The molecule has 3 saturated carbocycles. The average Bonchev–Trinajstić information content (AvgIpc) is 2.55. The minimum atomic E-state index is 0.831. The first kappa shape index (κ1) is 4.76. The molecule has 0 heterocycles. The first-order valence-electron chi connectivity index (χ1n) is 4.17. The Morgan fingerprint density at radius 2 is 1.44 bits per heavy atom. The van der Waals surface area contributed by atoms with E-state index < -0.39 is 0 Å². The van der Waals surface area contributed by atoms with Crippen LogP contribution in [0.4, 0.5) is 0 Å². The van der Waals surface area contributed by atoms with Crippen molar-refractivity contribution in [3.8, 4) is 0 Å². The lowest BCUT2D eigenvalue weighted by molar-refractivity contribution is 0.335. The zero-order chi connectivity index (χ0) is 6.28. The molecule has 0 nitrogen and oxygen atoms in total. The molecule has 4 atom stereocenters. The third-order valence-corrected chi connectivity index (χ3v) is 4.70. The van der Waals surface area contributed by atoms with Crippen molar-refractivity contribution < 1.29 is 0 Å². The van der Waals surface area contributed by atoms with Crippen molar-refractivity contribution in [3.05, 3.63) is 0 Å². The molecule has 0 N–H and O–H groups in total. The maximum atomic E-state index is 2.50. The van der Waals surface area contributed by atoms with Gasteiger partial charge in [0.05, 0.1) is 0 Å². The molecule has 0 saturated heterocycles. The van der Waals surface area contributed by atoms with Crippen molar-refractivity contribution in [1.29, 1.82) is 0 Å². The van der Waals surface area contributed by atoms with Crippen LogP contribution >= 0.6 is 0 Å². The van der Waals surface area contributed by atoms with Gasteiger partial charge in [0.15, 0.2) is 0 Å². The highest BCUT2D eigenvalue weighted by Gasteiger charge is 2.76. The molecule has 9 heavy (non-hydrogen) atoms. The summed E-state index contributed by atoms with van der Waals surface area (Å²) in [5.74, 6) is 2.31. The summed E-state index contributed by atoms with van der Waals surface area (Å²) < 4.78 is 0. The minimum absolute atomic E-state index is 0.831. The van der Waals surface area contributed by atoms with Crippen LogP contribution in [0.25, 0.3) is 0 Å². The van der Waals surface area contributed by atoms with Gasteiger partial charge in [-0.05, 0) is 41.9 Å². The van der Waals surface area contributed by atoms with Gasteiger partial charge in [-0.15, -0.1) is 0 Å². The molecule has 0 amide bonds. The fourth-order valence-corrected chi connectivity index (χ4v) is 3.34. The zero-order valence-corrected chi connectivity index (χ0v) is 6.28. The first-order valence-corrected chi connectivity index (χ1v) is 4.17. The van der Waals surface area contributed by atoms with E-state index in [2.05, 4.69) is 13.8 Å². The molecule has 50 valence electrons. The lowest BCUT2D eigenvalue weighted by Crippen LogP contribution is -2.08. The van der Waals surface area contributed by atoms with Gasteiger partial charge in [0, 0.05) is 0 Å². The first-order chi connectivity index (χ1) is 4.17. The van der Waals surface area contributed by atoms with Gasteiger partial charge >= 0.3 is 0 Å². The van der Waals surface area contributed by atoms with Crippen LogP contribution < -0.4 is 0 Å². The Labute approximate surface area is 56.6 Å². The van der Waals surface area contributed by atoms with Crippen LogP contribution in [-0.2, 0) is 0 Å². The zero-order valence-electron chi connectivity index (χ0n) is 6.28. The molecule has 0 radical (unpaired) electrons. The molecule has 0 spiro atoms. The van der Waals surface area contributed by atoms with E-state index in [0.717, 1.165) is 22.7 Å². The summed E-state index contributed by atoms with van der Waals surface area (Å²) in [5, 5.41) is 0. The van der Waals surface area contributed by atoms with E-state index in [4.69, 9.17) is 0 Å². The molecule has 0 aromatic carbocycles. The van der Waals surface area contributed by atoms with E-state index in [-0.39, 0.29) is 0 Å². The van der Waals surface area contributed by atoms with Crippen LogP contribution in [0.2, 0.25) is 0 Å². The summed E-state index contributed by atoms with van der Waals surface area (Å²) in [7, 11) is 0. The summed E-state index contributed by atoms with van der Waals surface area (Å²) in [5.41, 5.74) is 1.66. The van der Waals surface area contributed by atoms with Crippen LogP contribution in [0.15, 0.2) is 0 Å². The van der Waals surface area contributed by atoms with Crippen molar-refractivity contribution in [1.82, 2.24) is 0 Å². The van der Waals surface area contributed by atoms with Crippen molar-refractivity contribution >= 4 is 0 Å². The highest BCUT2D eigenvalue weighted by Crippen LogP contribution is 2.84. The van der Waals surface area contributed by atoms with Gasteiger partial charge in [-0.1, -0.05) is 13.8 Å². The Hall–Kier alpha value is 0. The predicted molar refractivity (Wildman–Crippen MR) is 37.0 cm³/mol. The van der Waals surface area contributed by atoms with Gasteiger partial charge in [-0.25, -0.2) is 0 Å². The highest BCUT2D eigenvalue weighted by atomic mass is 14.8. The Balaban J connectivity index is 2.09. The van der Waals surface area contributed by atoms with Gasteiger partial charge in [-0.3, -0.25) is 0 Å². The van der Waals surface area contributed by atoms with Crippen LogP contribution in [0, 0.1) is 22.7 Å². The normalized spacial score (nSPS) is 75.3. The van der Waals surface area contributed by atoms with E-state index in [9.17, 15) is 0 Å². The van der Waals surface area contributed by atoms with Gasteiger partial charge in [0.1, 0.15) is 0 Å². The molecular formula is C9H14. The molecule has 3 fully saturated rings. The third-order valence-electron chi connectivity index (χ3n) is 4.70. The Morgan fingerprint density at radius 1 is 1.00 bits per heavy atom. The minimum Gasteiger partial charge on any atom is -0.0588 e. The topological polar surface area (TPSA) is 0 Å². The maximum absolute atomic E-state index is 2.50. The van der Waals surface area contributed by atoms with Crippen molar-refractivity contribution in [2.24, 2.45) is 22.7 Å². The lowest BCUT2D eigenvalue weighted by Gasteiger charge is -2.15. The van der Waals surface area contributed by atoms with E-state index in [1.54, 1.807) is 19.3 Å². The molecule has 2 unspecified atom stereocenters. The number of rotatable bonds is 0. The van der Waals surface area contributed by atoms with E-state index in [1.807, 2.05) is 0 Å². The summed E-state index contributed by atoms with van der Waals surface area (Å²) in [6, 6.07) is 0. The second-order valence-corrected chi connectivity index (χ2v) is 4.87. The third kappa shape index (κ3) is 0.300. The van der Waals surface area contributed by atoms with Crippen molar-refractivity contribution in [2.45, 2.75) is 33.1 Å². The smallest absolute Gasteiger partial charge is 0.0238 e. The van der Waals surface area contributed by atoms with Crippen molar-refractivity contribution in [3.63, 3.8) is 0 Å². The quantitative estimate of drug-likeness (QED) is 0.463. The van der Waals surface area contributed by atoms with Gasteiger partial charge in [-0.2, -0.15) is 0 Å². The highest BCUT2D eigenvalue weighted by molar-refractivity contribution is 5.25. The SMILES string of the molecule is C[C@]12CC1CC1C[C@]12C. The number of hydrogen-bond acceptors (Lipinski definition) is 0. The molecule has 3 aliphatic rings. The second-order valence-electron chi connectivity index (χ2n) is 4.87. The number of fused-ring (bicyclic) bond motifs is 3. The number of hydrogen-bond donors (Lipinski definition) is 0. The molecule has 0 bridgehead atoms. The molecule has 0 aliphatic heterocycles. The standard InChI is InChI=1S/C9H14/c1-8-4-6(8)3-7-5-9(7,8)2/h6-7H,3-5H2,1-2H3/t6?,7?,8-,9+. The molecule has 0 aromatic heterocycles. The Bertz CT molecular complexity index is 164. The molecular weight excluding hydrogens is 108 g/mol. The van der Waals surface area contributed by atoms with E-state index >= 15 is 0 Å². The molecule has 0 heteroatoms. The van der Waals surface area contributed by atoms with Gasteiger partial charge in [0.2, 0.25) is 0 Å². The summed E-state index contributed by atoms with van der Waals surface area (Å²) in [6.07, 6.45) is 4.69. The summed E-state index contributed by atoms with van der Waals surface area (Å²) in [4.78, 5) is 0. The maximum Gasteiger partial charge on any atom is -0.0238 e.